The van der Waals surface area contributed by atoms with E-state index in [1.165, 1.54) is 0 Å². The second-order valence-electron chi connectivity index (χ2n) is 6.51. The predicted octanol–water partition coefficient (Wildman–Crippen LogP) is 4.35. The fraction of sp³-hybridized carbons (Fsp3) is 0.381. The van der Waals surface area contributed by atoms with Crippen LogP contribution >= 0.6 is 11.6 Å². The molecule has 1 saturated heterocycles. The van der Waals surface area contributed by atoms with Crippen LogP contribution in [0.5, 0.6) is 11.5 Å². The summed E-state index contributed by atoms with van der Waals surface area (Å²) in [6.45, 7) is 1.48. The van der Waals surface area contributed by atoms with Gasteiger partial charge in [-0.05, 0) is 42.3 Å². The Morgan fingerprint density at radius 1 is 1.12 bits per heavy atom. The van der Waals surface area contributed by atoms with Crippen LogP contribution in [0.2, 0.25) is 5.02 Å². The maximum Gasteiger partial charge on any atom is 0.222 e. The van der Waals surface area contributed by atoms with Crippen molar-refractivity contribution in [1.29, 1.82) is 0 Å². The van der Waals surface area contributed by atoms with Gasteiger partial charge in [0, 0.05) is 37.4 Å². The van der Waals surface area contributed by atoms with Crippen LogP contribution in [0, 0.1) is 0 Å². The Kier molecular flexibility index (Phi) is 6.40. The van der Waals surface area contributed by atoms with Crippen LogP contribution in [0.15, 0.2) is 48.5 Å². The van der Waals surface area contributed by atoms with E-state index in [9.17, 15) is 4.79 Å². The normalized spacial score (nSPS) is 14.9. The molecule has 0 saturated carbocycles. The molecule has 3 rings (SSSR count). The number of methoxy groups -OCH3 is 1. The minimum absolute atomic E-state index is 0.135. The lowest BCUT2D eigenvalue weighted by Crippen LogP contribution is -2.41. The van der Waals surface area contributed by atoms with Gasteiger partial charge < -0.3 is 14.4 Å². The smallest absolute Gasteiger partial charge is 0.222 e. The molecule has 1 heterocycles. The minimum atomic E-state index is 0.135. The quantitative estimate of drug-likeness (QED) is 0.755. The molecule has 5 heteroatoms. The lowest BCUT2D eigenvalue weighted by atomic mass is 10.1. The summed E-state index contributed by atoms with van der Waals surface area (Å²) in [6.07, 6.45) is 3.08. The van der Waals surface area contributed by atoms with Gasteiger partial charge in [-0.2, -0.15) is 0 Å². The molecule has 0 N–H and O–H groups in total. The molecule has 26 heavy (non-hydrogen) atoms. The molecule has 138 valence electrons. The van der Waals surface area contributed by atoms with E-state index < -0.39 is 0 Å². The number of carbonyl (C=O) groups is 1. The molecule has 0 bridgehead atoms. The predicted molar refractivity (Wildman–Crippen MR) is 103 cm³/mol. The largest absolute Gasteiger partial charge is 0.497 e. The van der Waals surface area contributed by atoms with E-state index in [0.717, 1.165) is 49.4 Å². The molecule has 0 unspecified atom stereocenters. The topological polar surface area (TPSA) is 38.8 Å². The molecule has 0 radical (unpaired) electrons. The van der Waals surface area contributed by atoms with Gasteiger partial charge in [0.2, 0.25) is 5.91 Å². The van der Waals surface area contributed by atoms with Crippen molar-refractivity contribution in [3.63, 3.8) is 0 Å². The first-order valence-corrected chi connectivity index (χ1v) is 9.35. The zero-order valence-corrected chi connectivity index (χ0v) is 15.7. The van der Waals surface area contributed by atoms with Crippen LogP contribution < -0.4 is 9.47 Å². The molecule has 2 aromatic rings. The van der Waals surface area contributed by atoms with Crippen molar-refractivity contribution < 1.29 is 14.3 Å². The number of likely N-dealkylation sites (tertiary alicyclic amines) is 1. The summed E-state index contributed by atoms with van der Waals surface area (Å²) in [4.78, 5) is 14.4. The summed E-state index contributed by atoms with van der Waals surface area (Å²) in [6, 6.07) is 15.3. The Balaban J connectivity index is 1.44. The van der Waals surface area contributed by atoms with Crippen molar-refractivity contribution in [3.05, 3.63) is 59.1 Å². The SMILES string of the molecule is COc1cccc(CCC(=O)N2CCC(Oc3cccc(Cl)c3)CC2)c1. The van der Waals surface area contributed by atoms with Crippen molar-refractivity contribution in [3.8, 4) is 11.5 Å². The summed E-state index contributed by atoms with van der Waals surface area (Å²) in [5, 5.41) is 0.674. The van der Waals surface area contributed by atoms with Gasteiger partial charge in [0.15, 0.2) is 0 Å². The van der Waals surface area contributed by atoms with Crippen LogP contribution in [-0.2, 0) is 11.2 Å². The number of halogens is 1. The Morgan fingerprint density at radius 2 is 1.85 bits per heavy atom. The van der Waals surface area contributed by atoms with Gasteiger partial charge in [0.05, 0.1) is 7.11 Å². The van der Waals surface area contributed by atoms with Gasteiger partial charge in [-0.15, -0.1) is 0 Å². The fourth-order valence-electron chi connectivity index (χ4n) is 3.19. The number of carbonyl (C=O) groups excluding carboxylic acids is 1. The van der Waals surface area contributed by atoms with Crippen molar-refractivity contribution in [2.45, 2.75) is 31.8 Å². The van der Waals surface area contributed by atoms with E-state index in [0.29, 0.717) is 11.4 Å². The van der Waals surface area contributed by atoms with Gasteiger partial charge in [-0.25, -0.2) is 0 Å². The van der Waals surface area contributed by atoms with Crippen LogP contribution in [-0.4, -0.2) is 37.1 Å². The molecule has 4 nitrogen and oxygen atoms in total. The molecular formula is C21H24ClNO3. The number of hydrogen-bond donors (Lipinski definition) is 0. The van der Waals surface area contributed by atoms with Crippen LogP contribution in [0.1, 0.15) is 24.8 Å². The van der Waals surface area contributed by atoms with Crippen LogP contribution in [0.3, 0.4) is 0 Å². The molecular weight excluding hydrogens is 350 g/mol. The lowest BCUT2D eigenvalue weighted by molar-refractivity contribution is -0.132. The Morgan fingerprint density at radius 3 is 2.58 bits per heavy atom. The third kappa shape index (κ3) is 5.15. The van der Waals surface area contributed by atoms with E-state index in [-0.39, 0.29) is 12.0 Å². The molecule has 0 atom stereocenters. The standard InChI is InChI=1S/C21H24ClNO3/c1-25-19-6-2-4-16(14-19)8-9-21(24)23-12-10-18(11-13-23)26-20-7-3-5-17(22)15-20/h2-7,14-15,18H,8-13H2,1H3. The van der Waals surface area contributed by atoms with Crippen molar-refractivity contribution in [2.75, 3.05) is 20.2 Å². The summed E-state index contributed by atoms with van der Waals surface area (Å²) in [5.41, 5.74) is 1.12. The number of aryl methyl sites for hydroxylation is 1. The van der Waals surface area contributed by atoms with Crippen molar-refractivity contribution >= 4 is 17.5 Å². The first kappa shape index (κ1) is 18.6. The fourth-order valence-corrected chi connectivity index (χ4v) is 3.37. The second-order valence-corrected chi connectivity index (χ2v) is 6.94. The van der Waals surface area contributed by atoms with Gasteiger partial charge in [-0.3, -0.25) is 4.79 Å². The average molecular weight is 374 g/mol. The number of piperidine rings is 1. The molecule has 0 aliphatic carbocycles. The highest BCUT2D eigenvalue weighted by atomic mass is 35.5. The lowest BCUT2D eigenvalue weighted by Gasteiger charge is -2.32. The molecule has 2 aromatic carbocycles. The number of benzene rings is 2. The zero-order valence-electron chi connectivity index (χ0n) is 15.0. The highest BCUT2D eigenvalue weighted by molar-refractivity contribution is 6.30. The molecule has 1 aliphatic rings. The maximum absolute atomic E-state index is 12.5. The van der Waals surface area contributed by atoms with E-state index in [1.54, 1.807) is 7.11 Å². The number of ether oxygens (including phenoxy) is 2. The van der Waals surface area contributed by atoms with Crippen LogP contribution in [0.25, 0.3) is 0 Å². The molecule has 0 aromatic heterocycles. The zero-order chi connectivity index (χ0) is 18.4. The molecule has 1 fully saturated rings. The third-order valence-electron chi connectivity index (χ3n) is 4.66. The summed E-state index contributed by atoms with van der Waals surface area (Å²) < 4.78 is 11.2. The molecule has 1 amide bonds. The summed E-state index contributed by atoms with van der Waals surface area (Å²) >= 11 is 5.99. The van der Waals surface area contributed by atoms with E-state index >= 15 is 0 Å². The number of amides is 1. The summed E-state index contributed by atoms with van der Waals surface area (Å²) in [5.74, 6) is 1.82. The van der Waals surface area contributed by atoms with Gasteiger partial charge >= 0.3 is 0 Å². The maximum atomic E-state index is 12.5. The number of rotatable bonds is 6. The van der Waals surface area contributed by atoms with Crippen molar-refractivity contribution in [2.24, 2.45) is 0 Å². The first-order chi connectivity index (χ1) is 12.6. The van der Waals surface area contributed by atoms with Gasteiger partial charge in [0.25, 0.3) is 0 Å². The Labute approximate surface area is 159 Å². The van der Waals surface area contributed by atoms with E-state index in [4.69, 9.17) is 21.1 Å². The van der Waals surface area contributed by atoms with E-state index in [1.807, 2.05) is 53.4 Å². The average Bonchev–Trinajstić information content (AvgIpc) is 2.67. The second kappa shape index (κ2) is 8.95. The first-order valence-electron chi connectivity index (χ1n) is 8.97. The molecule has 1 aliphatic heterocycles. The summed E-state index contributed by atoms with van der Waals surface area (Å²) in [7, 11) is 1.65. The number of hydrogen-bond acceptors (Lipinski definition) is 3. The minimum Gasteiger partial charge on any atom is -0.497 e. The Hall–Kier alpha value is -2.20. The highest BCUT2D eigenvalue weighted by Crippen LogP contribution is 2.22. The van der Waals surface area contributed by atoms with E-state index in [2.05, 4.69) is 0 Å². The van der Waals surface area contributed by atoms with Crippen LogP contribution in [0.4, 0.5) is 0 Å². The monoisotopic (exact) mass is 373 g/mol. The third-order valence-corrected chi connectivity index (χ3v) is 4.89. The van der Waals surface area contributed by atoms with Gasteiger partial charge in [0.1, 0.15) is 17.6 Å². The number of nitrogens with zero attached hydrogens (tertiary/aromatic N) is 1. The Bertz CT molecular complexity index is 742. The molecule has 0 spiro atoms. The van der Waals surface area contributed by atoms with Gasteiger partial charge in [-0.1, -0.05) is 29.8 Å². The highest BCUT2D eigenvalue weighted by Gasteiger charge is 2.23. The van der Waals surface area contributed by atoms with Crippen molar-refractivity contribution in [1.82, 2.24) is 4.90 Å².